The lowest BCUT2D eigenvalue weighted by atomic mass is 10.1. The summed E-state index contributed by atoms with van der Waals surface area (Å²) >= 11 is 2.00. The first-order valence-electron chi connectivity index (χ1n) is 5.48. The monoisotopic (exact) mass is 219 g/mol. The maximum absolute atomic E-state index is 4.99. The molecule has 0 saturated carbocycles. The first-order chi connectivity index (χ1) is 6.68. The van der Waals surface area contributed by atoms with Crippen LogP contribution in [0.3, 0.4) is 0 Å². The molecule has 0 spiro atoms. The van der Waals surface area contributed by atoms with Crippen molar-refractivity contribution in [3.8, 4) is 0 Å². The molecule has 0 amide bonds. The Hall–Kier alpha value is 0.270. The van der Waals surface area contributed by atoms with Crippen LogP contribution in [0.15, 0.2) is 0 Å². The van der Waals surface area contributed by atoms with Crippen LogP contribution >= 0.6 is 11.8 Å². The first kappa shape index (κ1) is 14.3. The van der Waals surface area contributed by atoms with Gasteiger partial charge in [0.15, 0.2) is 0 Å². The van der Waals surface area contributed by atoms with E-state index in [1.807, 2.05) is 11.8 Å². The highest BCUT2D eigenvalue weighted by molar-refractivity contribution is 7.99. The van der Waals surface area contributed by atoms with Gasteiger partial charge in [-0.25, -0.2) is 0 Å². The molecule has 86 valence electrons. The first-order valence-corrected chi connectivity index (χ1v) is 6.64. The van der Waals surface area contributed by atoms with Crippen molar-refractivity contribution in [2.24, 2.45) is 5.92 Å². The molecular formula is C11H25NOS. The molecule has 0 saturated heterocycles. The SMILES string of the molecule is COCCCSCCNC(C)C(C)C. The van der Waals surface area contributed by atoms with Gasteiger partial charge in [-0.3, -0.25) is 0 Å². The van der Waals surface area contributed by atoms with Crippen molar-refractivity contribution in [1.29, 1.82) is 0 Å². The molecule has 0 bridgehead atoms. The molecule has 0 rings (SSSR count). The molecule has 0 fully saturated rings. The Morgan fingerprint density at radius 2 is 1.93 bits per heavy atom. The second-order valence-electron chi connectivity index (χ2n) is 3.95. The molecule has 0 aromatic rings. The van der Waals surface area contributed by atoms with Crippen molar-refractivity contribution in [2.45, 2.75) is 33.2 Å². The van der Waals surface area contributed by atoms with E-state index >= 15 is 0 Å². The third-order valence-corrected chi connectivity index (χ3v) is 3.42. The molecular weight excluding hydrogens is 194 g/mol. The lowest BCUT2D eigenvalue weighted by Crippen LogP contribution is -2.32. The van der Waals surface area contributed by atoms with Crippen molar-refractivity contribution < 1.29 is 4.74 Å². The topological polar surface area (TPSA) is 21.3 Å². The van der Waals surface area contributed by atoms with Gasteiger partial charge in [-0.1, -0.05) is 13.8 Å². The van der Waals surface area contributed by atoms with E-state index in [4.69, 9.17) is 4.74 Å². The quantitative estimate of drug-likeness (QED) is 0.602. The molecule has 14 heavy (non-hydrogen) atoms. The van der Waals surface area contributed by atoms with Crippen molar-refractivity contribution in [1.82, 2.24) is 5.32 Å². The Morgan fingerprint density at radius 3 is 2.50 bits per heavy atom. The van der Waals surface area contributed by atoms with Crippen LogP contribution in [0.25, 0.3) is 0 Å². The Morgan fingerprint density at radius 1 is 1.21 bits per heavy atom. The van der Waals surface area contributed by atoms with Gasteiger partial charge in [-0.05, 0) is 25.0 Å². The van der Waals surface area contributed by atoms with Crippen LogP contribution in [0.5, 0.6) is 0 Å². The van der Waals surface area contributed by atoms with Crippen LogP contribution < -0.4 is 5.32 Å². The van der Waals surface area contributed by atoms with Gasteiger partial charge in [0, 0.05) is 32.1 Å². The molecule has 3 heteroatoms. The lowest BCUT2D eigenvalue weighted by molar-refractivity contribution is 0.200. The predicted octanol–water partition coefficient (Wildman–Crippen LogP) is 2.39. The Balaban J connectivity index is 3.06. The summed E-state index contributed by atoms with van der Waals surface area (Å²) in [5.41, 5.74) is 0. The van der Waals surface area contributed by atoms with E-state index in [2.05, 4.69) is 26.1 Å². The van der Waals surface area contributed by atoms with Gasteiger partial charge < -0.3 is 10.1 Å². The molecule has 1 N–H and O–H groups in total. The van der Waals surface area contributed by atoms with Gasteiger partial charge in [0.25, 0.3) is 0 Å². The zero-order valence-corrected chi connectivity index (χ0v) is 10.8. The minimum atomic E-state index is 0.634. The van der Waals surface area contributed by atoms with E-state index < -0.39 is 0 Å². The number of thioether (sulfide) groups is 1. The van der Waals surface area contributed by atoms with Gasteiger partial charge in [0.2, 0.25) is 0 Å². The van der Waals surface area contributed by atoms with E-state index in [1.54, 1.807) is 7.11 Å². The molecule has 1 unspecified atom stereocenters. The third kappa shape index (κ3) is 8.85. The van der Waals surface area contributed by atoms with E-state index in [-0.39, 0.29) is 0 Å². The van der Waals surface area contributed by atoms with Gasteiger partial charge in [0.05, 0.1) is 0 Å². The minimum absolute atomic E-state index is 0.634. The number of hydrogen-bond donors (Lipinski definition) is 1. The van der Waals surface area contributed by atoms with Crippen molar-refractivity contribution in [3.63, 3.8) is 0 Å². The summed E-state index contributed by atoms with van der Waals surface area (Å²) < 4.78 is 4.99. The third-order valence-electron chi connectivity index (χ3n) is 2.35. The zero-order chi connectivity index (χ0) is 10.8. The Bertz CT molecular complexity index is 120. The number of ether oxygens (including phenoxy) is 1. The highest BCUT2D eigenvalue weighted by atomic mass is 32.2. The molecule has 0 aliphatic heterocycles. The lowest BCUT2D eigenvalue weighted by Gasteiger charge is -2.16. The molecule has 1 atom stereocenters. The zero-order valence-electron chi connectivity index (χ0n) is 10.0. The van der Waals surface area contributed by atoms with Gasteiger partial charge in [0.1, 0.15) is 0 Å². The molecule has 0 aromatic heterocycles. The highest BCUT2D eigenvalue weighted by Gasteiger charge is 2.04. The summed E-state index contributed by atoms with van der Waals surface area (Å²) in [5.74, 6) is 3.15. The Kier molecular flexibility index (Phi) is 10.0. The van der Waals surface area contributed by atoms with Gasteiger partial charge in [-0.15, -0.1) is 0 Å². The molecule has 0 aromatic carbocycles. The molecule has 0 aliphatic rings. The molecule has 0 heterocycles. The largest absolute Gasteiger partial charge is 0.385 e. The van der Waals surface area contributed by atoms with Crippen molar-refractivity contribution >= 4 is 11.8 Å². The Labute approximate surface area is 93.2 Å². The van der Waals surface area contributed by atoms with Crippen LogP contribution in [0, 0.1) is 5.92 Å². The summed E-state index contributed by atoms with van der Waals surface area (Å²) in [5, 5.41) is 3.52. The fourth-order valence-electron chi connectivity index (χ4n) is 1.00. The average molecular weight is 219 g/mol. The van der Waals surface area contributed by atoms with Crippen LogP contribution in [0.2, 0.25) is 0 Å². The fraction of sp³-hybridized carbons (Fsp3) is 1.00. The second kappa shape index (κ2) is 9.81. The standard InChI is InChI=1S/C11H25NOS/c1-10(2)11(3)12-6-9-14-8-5-7-13-4/h10-12H,5-9H2,1-4H3. The van der Waals surface area contributed by atoms with Crippen LogP contribution in [-0.2, 0) is 4.74 Å². The summed E-state index contributed by atoms with van der Waals surface area (Å²) in [6.07, 6.45) is 1.17. The van der Waals surface area contributed by atoms with E-state index in [0.29, 0.717) is 6.04 Å². The number of methoxy groups -OCH3 is 1. The van der Waals surface area contributed by atoms with Gasteiger partial charge in [-0.2, -0.15) is 11.8 Å². The summed E-state index contributed by atoms with van der Waals surface area (Å²) in [6, 6.07) is 0.634. The minimum Gasteiger partial charge on any atom is -0.385 e. The maximum atomic E-state index is 4.99. The number of rotatable bonds is 9. The van der Waals surface area contributed by atoms with Crippen LogP contribution in [-0.4, -0.2) is 37.8 Å². The fourth-order valence-corrected chi connectivity index (χ4v) is 1.79. The van der Waals surface area contributed by atoms with Crippen LogP contribution in [0.1, 0.15) is 27.2 Å². The molecule has 0 aliphatic carbocycles. The van der Waals surface area contributed by atoms with Crippen molar-refractivity contribution in [2.75, 3.05) is 31.8 Å². The summed E-state index contributed by atoms with van der Waals surface area (Å²) in [4.78, 5) is 0. The van der Waals surface area contributed by atoms with Crippen LogP contribution in [0.4, 0.5) is 0 Å². The highest BCUT2D eigenvalue weighted by Crippen LogP contribution is 2.03. The van der Waals surface area contributed by atoms with E-state index in [1.165, 1.54) is 17.9 Å². The van der Waals surface area contributed by atoms with E-state index in [9.17, 15) is 0 Å². The smallest absolute Gasteiger partial charge is 0.0470 e. The normalized spacial score (nSPS) is 13.5. The molecule has 2 nitrogen and oxygen atoms in total. The second-order valence-corrected chi connectivity index (χ2v) is 5.17. The summed E-state index contributed by atoms with van der Waals surface area (Å²) in [7, 11) is 1.76. The van der Waals surface area contributed by atoms with E-state index in [0.717, 1.165) is 19.1 Å². The average Bonchev–Trinajstić information content (AvgIpc) is 2.16. The number of nitrogens with one attached hydrogen (secondary N) is 1. The summed E-state index contributed by atoms with van der Waals surface area (Å²) in [6.45, 7) is 8.77. The van der Waals surface area contributed by atoms with Crippen molar-refractivity contribution in [3.05, 3.63) is 0 Å². The molecule has 0 radical (unpaired) electrons. The maximum Gasteiger partial charge on any atom is 0.0470 e. The van der Waals surface area contributed by atoms with Gasteiger partial charge >= 0.3 is 0 Å². The number of hydrogen-bond acceptors (Lipinski definition) is 3. The predicted molar refractivity (Wildman–Crippen MR) is 66.1 cm³/mol.